The van der Waals surface area contributed by atoms with Gasteiger partial charge in [-0.3, -0.25) is 0 Å². The van der Waals surface area contributed by atoms with Crippen molar-refractivity contribution in [3.8, 4) is 0 Å². The molecule has 1 aromatic heterocycles. The zero-order valence-electron chi connectivity index (χ0n) is 9.86. The van der Waals surface area contributed by atoms with Crippen LogP contribution in [0.1, 0.15) is 40.0 Å². The molecule has 0 saturated heterocycles. The largest absolute Gasteiger partial charge is 0.383 e. The fourth-order valence-corrected chi connectivity index (χ4v) is 2.40. The first-order valence-corrected chi connectivity index (χ1v) is 6.41. The molecule has 0 unspecified atom stereocenters. The first-order chi connectivity index (χ1) is 7.15. The number of hydrogen-bond acceptors (Lipinski definition) is 4. The Hall–Kier alpha value is -0.770. The minimum atomic E-state index is 0.515. The lowest BCUT2D eigenvalue weighted by Crippen LogP contribution is -2.30. The Bertz CT molecular complexity index is 283. The summed E-state index contributed by atoms with van der Waals surface area (Å²) in [5.74, 6) is 0.635. The van der Waals surface area contributed by atoms with Crippen molar-refractivity contribution in [3.63, 3.8) is 0 Å². The minimum absolute atomic E-state index is 0.515. The summed E-state index contributed by atoms with van der Waals surface area (Å²) in [5.41, 5.74) is 5.64. The fraction of sp³-hybridized carbons (Fsp3) is 0.727. The maximum absolute atomic E-state index is 5.64. The number of anilines is 2. The van der Waals surface area contributed by atoms with E-state index >= 15 is 0 Å². The summed E-state index contributed by atoms with van der Waals surface area (Å²) in [7, 11) is 0. The second kappa shape index (κ2) is 5.95. The second-order valence-electron chi connectivity index (χ2n) is 4.08. The van der Waals surface area contributed by atoms with E-state index in [4.69, 9.17) is 5.73 Å². The Morgan fingerprint density at radius 2 is 2.20 bits per heavy atom. The lowest BCUT2D eigenvalue weighted by atomic mass is 10.2. The number of hydrogen-bond donors (Lipinski definition) is 1. The molecule has 1 heterocycles. The summed E-state index contributed by atoms with van der Waals surface area (Å²) in [6.45, 7) is 7.75. The molecule has 1 aromatic rings. The molecule has 0 saturated carbocycles. The van der Waals surface area contributed by atoms with Crippen molar-refractivity contribution in [2.45, 2.75) is 46.1 Å². The van der Waals surface area contributed by atoms with Gasteiger partial charge in [0, 0.05) is 18.7 Å². The van der Waals surface area contributed by atoms with Crippen LogP contribution in [-0.2, 0) is 0 Å². The van der Waals surface area contributed by atoms with E-state index < -0.39 is 0 Å². The molecule has 0 amide bonds. The lowest BCUT2D eigenvalue weighted by molar-refractivity contribution is 0.629. The average molecular weight is 227 g/mol. The quantitative estimate of drug-likeness (QED) is 0.759. The smallest absolute Gasteiger partial charge is 0.139 e. The molecule has 15 heavy (non-hydrogen) atoms. The number of nitrogens with zero attached hydrogens (tertiary/aromatic N) is 2. The predicted molar refractivity (Wildman–Crippen MR) is 68.5 cm³/mol. The van der Waals surface area contributed by atoms with Crippen molar-refractivity contribution in [3.05, 3.63) is 6.07 Å². The number of aromatic nitrogens is 1. The highest BCUT2D eigenvalue weighted by Crippen LogP contribution is 2.25. The van der Waals surface area contributed by atoms with Crippen LogP contribution in [0.4, 0.5) is 10.8 Å². The summed E-state index contributed by atoms with van der Waals surface area (Å²) in [4.78, 5) is 2.38. The van der Waals surface area contributed by atoms with Crippen LogP contribution in [0, 0.1) is 0 Å². The third kappa shape index (κ3) is 3.70. The van der Waals surface area contributed by atoms with E-state index in [1.807, 2.05) is 6.07 Å². The van der Waals surface area contributed by atoms with E-state index in [0.717, 1.165) is 6.54 Å². The van der Waals surface area contributed by atoms with E-state index in [0.29, 0.717) is 11.9 Å². The van der Waals surface area contributed by atoms with Gasteiger partial charge < -0.3 is 10.6 Å². The van der Waals surface area contributed by atoms with Crippen LogP contribution >= 0.6 is 11.5 Å². The Morgan fingerprint density at radius 3 is 2.67 bits per heavy atom. The molecule has 0 aliphatic rings. The number of nitrogens with two attached hydrogens (primary N) is 1. The van der Waals surface area contributed by atoms with Gasteiger partial charge in [-0.2, -0.15) is 4.37 Å². The standard InChI is InChI=1S/C11H21N3S/c1-4-5-6-7-14(9(2)3)11-8-10(12)13-15-11/h8-9H,4-7H2,1-3H3,(H2,12,13). The van der Waals surface area contributed by atoms with Crippen molar-refractivity contribution in [2.24, 2.45) is 0 Å². The van der Waals surface area contributed by atoms with Crippen LogP contribution in [-0.4, -0.2) is 17.0 Å². The zero-order chi connectivity index (χ0) is 11.3. The van der Waals surface area contributed by atoms with Crippen molar-refractivity contribution in [1.29, 1.82) is 0 Å². The molecule has 0 spiro atoms. The number of nitrogen functional groups attached to an aromatic ring is 1. The lowest BCUT2D eigenvalue weighted by Gasteiger charge is -2.26. The van der Waals surface area contributed by atoms with Gasteiger partial charge in [-0.25, -0.2) is 0 Å². The van der Waals surface area contributed by atoms with Crippen LogP contribution < -0.4 is 10.6 Å². The Kier molecular flexibility index (Phi) is 4.88. The molecule has 0 atom stereocenters. The highest BCUT2D eigenvalue weighted by atomic mass is 32.1. The summed E-state index contributed by atoms with van der Waals surface area (Å²) in [6.07, 6.45) is 3.79. The van der Waals surface area contributed by atoms with Crippen LogP contribution in [0.25, 0.3) is 0 Å². The van der Waals surface area contributed by atoms with Gasteiger partial charge in [0.1, 0.15) is 10.8 Å². The van der Waals surface area contributed by atoms with E-state index in [2.05, 4.69) is 30.0 Å². The maximum atomic E-state index is 5.64. The first kappa shape index (κ1) is 12.3. The van der Waals surface area contributed by atoms with Gasteiger partial charge in [-0.15, -0.1) is 0 Å². The van der Waals surface area contributed by atoms with Crippen molar-refractivity contribution < 1.29 is 0 Å². The third-order valence-corrected chi connectivity index (χ3v) is 3.27. The van der Waals surface area contributed by atoms with E-state index in [9.17, 15) is 0 Å². The van der Waals surface area contributed by atoms with Crippen LogP contribution in [0.15, 0.2) is 6.07 Å². The highest BCUT2D eigenvalue weighted by Gasteiger charge is 2.12. The Labute approximate surface area is 96.5 Å². The molecule has 0 radical (unpaired) electrons. The maximum Gasteiger partial charge on any atom is 0.139 e. The molecule has 0 fully saturated rings. The normalized spacial score (nSPS) is 10.9. The van der Waals surface area contributed by atoms with Crippen molar-refractivity contribution >= 4 is 22.4 Å². The van der Waals surface area contributed by atoms with Gasteiger partial charge in [-0.05, 0) is 31.8 Å². The van der Waals surface area contributed by atoms with Gasteiger partial charge >= 0.3 is 0 Å². The zero-order valence-corrected chi connectivity index (χ0v) is 10.7. The van der Waals surface area contributed by atoms with Gasteiger partial charge in [0.25, 0.3) is 0 Å². The van der Waals surface area contributed by atoms with E-state index in [-0.39, 0.29) is 0 Å². The highest BCUT2D eigenvalue weighted by molar-refractivity contribution is 7.10. The summed E-state index contributed by atoms with van der Waals surface area (Å²) in [6, 6.07) is 2.48. The SMILES string of the molecule is CCCCCN(c1cc(N)ns1)C(C)C. The second-order valence-corrected chi connectivity index (χ2v) is 4.87. The van der Waals surface area contributed by atoms with E-state index in [1.54, 1.807) is 0 Å². The van der Waals surface area contributed by atoms with Crippen molar-refractivity contribution in [1.82, 2.24) is 4.37 Å². The molecule has 86 valence electrons. The van der Waals surface area contributed by atoms with Crippen LogP contribution in [0.2, 0.25) is 0 Å². The Balaban J connectivity index is 2.58. The summed E-state index contributed by atoms with van der Waals surface area (Å²) in [5, 5.41) is 1.19. The minimum Gasteiger partial charge on any atom is -0.383 e. The summed E-state index contributed by atoms with van der Waals surface area (Å²) >= 11 is 1.49. The number of rotatable bonds is 6. The Morgan fingerprint density at radius 1 is 1.47 bits per heavy atom. The van der Waals surface area contributed by atoms with Crippen LogP contribution in [0.5, 0.6) is 0 Å². The van der Waals surface area contributed by atoms with Gasteiger partial charge in [-0.1, -0.05) is 19.8 Å². The molecule has 0 bridgehead atoms. The van der Waals surface area contributed by atoms with Gasteiger partial charge in [0.05, 0.1) is 0 Å². The summed E-state index contributed by atoms with van der Waals surface area (Å²) < 4.78 is 4.13. The molecular weight excluding hydrogens is 206 g/mol. The number of unbranched alkanes of at least 4 members (excludes halogenated alkanes) is 2. The molecule has 0 aliphatic heterocycles. The molecule has 0 aromatic carbocycles. The van der Waals surface area contributed by atoms with Crippen LogP contribution in [0.3, 0.4) is 0 Å². The molecule has 3 nitrogen and oxygen atoms in total. The topological polar surface area (TPSA) is 42.1 Å². The van der Waals surface area contributed by atoms with Crippen molar-refractivity contribution in [2.75, 3.05) is 17.2 Å². The van der Waals surface area contributed by atoms with Gasteiger partial charge in [0.2, 0.25) is 0 Å². The molecule has 0 aliphatic carbocycles. The average Bonchev–Trinajstić information content (AvgIpc) is 2.59. The fourth-order valence-electron chi connectivity index (χ4n) is 1.57. The third-order valence-electron chi connectivity index (χ3n) is 2.42. The predicted octanol–water partition coefficient (Wildman–Crippen LogP) is 3.13. The molecule has 2 N–H and O–H groups in total. The monoisotopic (exact) mass is 227 g/mol. The molecule has 1 rings (SSSR count). The molecule has 4 heteroatoms. The molecular formula is C11H21N3S. The van der Waals surface area contributed by atoms with Gasteiger partial charge in [0.15, 0.2) is 0 Å². The first-order valence-electron chi connectivity index (χ1n) is 5.64. The van der Waals surface area contributed by atoms with E-state index in [1.165, 1.54) is 35.8 Å².